The van der Waals surface area contributed by atoms with Gasteiger partial charge in [0.1, 0.15) is 6.10 Å². The molecule has 0 spiro atoms. The molecule has 0 rings (SSSR count). The van der Waals surface area contributed by atoms with Crippen LogP contribution >= 0.6 is 7.82 Å². The smallest absolute Gasteiger partial charge is 0.457 e. The van der Waals surface area contributed by atoms with Crippen LogP contribution in [-0.4, -0.2) is 49.9 Å². The Kier molecular flexibility index (Phi) is 52.1. The molecule has 9 heteroatoms. The number of allylic oxidation sites excluding steroid dienone is 4. The fraction of sp³-hybridized carbons (Fsp3) is 0.909. The normalized spacial score (nSPS) is 13.4. The molecule has 64 heavy (non-hydrogen) atoms. The van der Waals surface area contributed by atoms with Crippen LogP contribution in [0.3, 0.4) is 0 Å². The monoisotopic (exact) mass is 926 g/mol. The van der Waals surface area contributed by atoms with E-state index in [4.69, 9.17) is 24.3 Å². The van der Waals surface area contributed by atoms with Gasteiger partial charge in [0, 0.05) is 19.6 Å². The highest BCUT2D eigenvalue weighted by molar-refractivity contribution is 7.47. The maximum atomic E-state index is 12.7. The first-order valence-corrected chi connectivity index (χ1v) is 29.3. The highest BCUT2D eigenvalue weighted by Crippen LogP contribution is 2.43. The van der Waals surface area contributed by atoms with Crippen LogP contribution in [0.5, 0.6) is 0 Å². The van der Waals surface area contributed by atoms with Gasteiger partial charge in [-0.2, -0.15) is 0 Å². The van der Waals surface area contributed by atoms with Gasteiger partial charge in [0.2, 0.25) is 0 Å². The Labute approximate surface area is 397 Å². The summed E-state index contributed by atoms with van der Waals surface area (Å²) in [6, 6.07) is 0. The first-order chi connectivity index (χ1) is 31.4. The highest BCUT2D eigenvalue weighted by atomic mass is 31.2. The van der Waals surface area contributed by atoms with Gasteiger partial charge in [-0.25, -0.2) is 4.57 Å². The summed E-state index contributed by atoms with van der Waals surface area (Å²) < 4.78 is 33.7. The molecule has 0 aromatic rings. The number of unbranched alkanes of at least 4 members (excludes halogenated alkanes) is 37. The molecule has 3 N–H and O–H groups in total. The van der Waals surface area contributed by atoms with Crippen LogP contribution in [0.25, 0.3) is 0 Å². The van der Waals surface area contributed by atoms with E-state index in [1.807, 2.05) is 0 Å². The van der Waals surface area contributed by atoms with Crippen molar-refractivity contribution in [2.75, 3.05) is 33.0 Å². The van der Waals surface area contributed by atoms with Gasteiger partial charge in [-0.15, -0.1) is 0 Å². The molecule has 2 atom stereocenters. The van der Waals surface area contributed by atoms with Gasteiger partial charge in [-0.3, -0.25) is 13.8 Å². The largest absolute Gasteiger partial charge is 0.472 e. The Balaban J connectivity index is 3.87. The van der Waals surface area contributed by atoms with Crippen molar-refractivity contribution in [2.45, 2.75) is 290 Å². The van der Waals surface area contributed by atoms with Crippen LogP contribution < -0.4 is 5.73 Å². The van der Waals surface area contributed by atoms with Crippen molar-refractivity contribution in [3.8, 4) is 0 Å². The minimum atomic E-state index is -4.28. The molecule has 0 bridgehead atoms. The maximum Gasteiger partial charge on any atom is 0.472 e. The summed E-state index contributed by atoms with van der Waals surface area (Å²) in [7, 11) is -4.28. The molecular weight excluding hydrogens is 818 g/mol. The molecule has 8 nitrogen and oxygen atoms in total. The maximum absolute atomic E-state index is 12.7. The molecule has 0 saturated carbocycles. The number of nitrogens with two attached hydrogens (primary N) is 1. The van der Waals surface area contributed by atoms with Crippen LogP contribution in [0.2, 0.25) is 0 Å². The zero-order valence-electron chi connectivity index (χ0n) is 42.5. The van der Waals surface area contributed by atoms with Crippen LogP contribution in [0.1, 0.15) is 284 Å². The van der Waals surface area contributed by atoms with E-state index in [1.54, 1.807) is 0 Å². The van der Waals surface area contributed by atoms with E-state index in [-0.39, 0.29) is 32.3 Å². The molecule has 0 aliphatic rings. The highest BCUT2D eigenvalue weighted by Gasteiger charge is 2.25. The van der Waals surface area contributed by atoms with Crippen LogP contribution in [0.4, 0.5) is 0 Å². The van der Waals surface area contributed by atoms with Gasteiger partial charge in [-0.05, 0) is 44.9 Å². The molecule has 0 amide bonds. The predicted molar refractivity (Wildman–Crippen MR) is 275 cm³/mol. The SMILES string of the molecule is CCCCCCC/C=C\C/C=C\CCCCCCCCCCCCCCOCC(COP(=O)(O)OCCN)OC(=O)CCCCCCCCCCCCCCCCCCCCCCC. The molecule has 0 fully saturated rings. The Bertz CT molecular complexity index is 1040. The third kappa shape index (κ3) is 52.0. The average molecular weight is 926 g/mol. The summed E-state index contributed by atoms with van der Waals surface area (Å²) in [5, 5.41) is 0. The number of hydrogen-bond donors (Lipinski definition) is 2. The predicted octanol–water partition coefficient (Wildman–Crippen LogP) is 17.5. The molecule has 0 heterocycles. The number of ether oxygens (including phenoxy) is 2. The quantitative estimate of drug-likeness (QED) is 0.0268. The number of esters is 1. The lowest BCUT2D eigenvalue weighted by Gasteiger charge is -2.20. The number of phosphoric ester groups is 1. The summed E-state index contributed by atoms with van der Waals surface area (Å²) in [5.41, 5.74) is 5.40. The third-order valence-electron chi connectivity index (χ3n) is 12.4. The molecule has 0 radical (unpaired) electrons. The molecule has 0 aliphatic heterocycles. The molecule has 0 saturated heterocycles. The molecule has 0 aliphatic carbocycles. The second-order valence-corrected chi connectivity index (χ2v) is 20.3. The van der Waals surface area contributed by atoms with Gasteiger partial charge in [0.25, 0.3) is 0 Å². The third-order valence-corrected chi connectivity index (χ3v) is 13.4. The van der Waals surface area contributed by atoms with Crippen LogP contribution in [-0.2, 0) is 27.9 Å². The van der Waals surface area contributed by atoms with E-state index < -0.39 is 13.9 Å². The van der Waals surface area contributed by atoms with Gasteiger partial charge in [0.05, 0.1) is 19.8 Å². The zero-order valence-corrected chi connectivity index (χ0v) is 43.4. The van der Waals surface area contributed by atoms with Gasteiger partial charge >= 0.3 is 13.8 Å². The van der Waals surface area contributed by atoms with Crippen molar-refractivity contribution in [2.24, 2.45) is 5.73 Å². The van der Waals surface area contributed by atoms with Crippen molar-refractivity contribution in [1.82, 2.24) is 0 Å². The lowest BCUT2D eigenvalue weighted by molar-refractivity contribution is -0.154. The summed E-state index contributed by atoms with van der Waals surface area (Å²) in [6.45, 7) is 4.98. The van der Waals surface area contributed by atoms with Crippen molar-refractivity contribution in [3.63, 3.8) is 0 Å². The van der Waals surface area contributed by atoms with Crippen molar-refractivity contribution in [1.29, 1.82) is 0 Å². The van der Waals surface area contributed by atoms with E-state index in [9.17, 15) is 14.3 Å². The second-order valence-electron chi connectivity index (χ2n) is 18.8. The lowest BCUT2D eigenvalue weighted by Crippen LogP contribution is -2.28. The fourth-order valence-corrected chi connectivity index (χ4v) is 9.03. The Morgan fingerprint density at radius 3 is 1.22 bits per heavy atom. The Morgan fingerprint density at radius 2 is 0.828 bits per heavy atom. The number of rotatable bonds is 54. The van der Waals surface area contributed by atoms with Crippen LogP contribution in [0.15, 0.2) is 24.3 Å². The Morgan fingerprint density at radius 1 is 0.469 bits per heavy atom. The van der Waals surface area contributed by atoms with Gasteiger partial charge in [0.15, 0.2) is 0 Å². The second kappa shape index (κ2) is 52.9. The van der Waals surface area contributed by atoms with E-state index in [0.717, 1.165) is 38.5 Å². The molecule has 2 unspecified atom stereocenters. The van der Waals surface area contributed by atoms with Gasteiger partial charge in [-0.1, -0.05) is 256 Å². The standard InChI is InChI=1S/C55H108NO7P/c1-3-5-7-9-11-13-15-17-19-21-23-25-26-27-29-31-33-35-37-39-41-43-45-47-50-60-52-54(53-62-64(58,59)61-51-49-56)63-55(57)48-46-44-42-40-38-36-34-32-30-28-24-22-20-18-16-14-12-10-8-6-4-2/h15,17,21,23,54H,3-14,16,18-20,22,24-53,56H2,1-2H3,(H,58,59)/b17-15-,23-21-. The topological polar surface area (TPSA) is 117 Å². The molecule has 380 valence electrons. The zero-order chi connectivity index (χ0) is 46.5. The Hall–Kier alpha value is -1.02. The van der Waals surface area contributed by atoms with Crippen molar-refractivity contribution >= 4 is 13.8 Å². The first-order valence-electron chi connectivity index (χ1n) is 27.8. The van der Waals surface area contributed by atoms with E-state index >= 15 is 0 Å². The van der Waals surface area contributed by atoms with E-state index in [0.29, 0.717) is 13.0 Å². The molecule has 0 aromatic heterocycles. The lowest BCUT2D eigenvalue weighted by atomic mass is 10.0. The van der Waals surface area contributed by atoms with Gasteiger partial charge < -0.3 is 20.1 Å². The average Bonchev–Trinajstić information content (AvgIpc) is 3.29. The summed E-state index contributed by atoms with van der Waals surface area (Å²) in [6.07, 6.45) is 62.2. The molecule has 0 aromatic carbocycles. The number of phosphoric acid groups is 1. The summed E-state index contributed by atoms with van der Waals surface area (Å²) in [4.78, 5) is 22.6. The summed E-state index contributed by atoms with van der Waals surface area (Å²) >= 11 is 0. The first kappa shape index (κ1) is 63.0. The van der Waals surface area contributed by atoms with E-state index in [2.05, 4.69) is 38.2 Å². The molecular formula is C55H108NO7P. The van der Waals surface area contributed by atoms with E-state index in [1.165, 1.54) is 225 Å². The van der Waals surface area contributed by atoms with Crippen molar-refractivity contribution in [3.05, 3.63) is 24.3 Å². The number of hydrogen-bond acceptors (Lipinski definition) is 7. The van der Waals surface area contributed by atoms with Crippen LogP contribution in [0, 0.1) is 0 Å². The minimum Gasteiger partial charge on any atom is -0.457 e. The number of carbonyl (C=O) groups excluding carboxylic acids is 1. The number of carbonyl (C=O) groups is 1. The minimum absolute atomic E-state index is 0.0928. The van der Waals surface area contributed by atoms with Crippen molar-refractivity contribution < 1.29 is 32.8 Å². The fourth-order valence-electron chi connectivity index (χ4n) is 8.27. The summed E-state index contributed by atoms with van der Waals surface area (Å²) in [5.74, 6) is -0.323.